The first-order chi connectivity index (χ1) is 9.13. The van der Waals surface area contributed by atoms with Gasteiger partial charge in [-0.1, -0.05) is 11.6 Å². The highest BCUT2D eigenvalue weighted by atomic mass is 35.5. The zero-order valence-corrected chi connectivity index (χ0v) is 11.0. The van der Waals surface area contributed by atoms with Crippen molar-refractivity contribution in [3.8, 4) is 0 Å². The summed E-state index contributed by atoms with van der Waals surface area (Å²) in [5.74, 6) is -0.0991. The molecular weight excluding hydrogens is 289 g/mol. The van der Waals surface area contributed by atoms with Crippen molar-refractivity contribution in [2.75, 3.05) is 5.73 Å². The van der Waals surface area contributed by atoms with Crippen LogP contribution in [0.15, 0.2) is 34.6 Å². The summed E-state index contributed by atoms with van der Waals surface area (Å²) in [5.41, 5.74) is 6.68. The summed E-state index contributed by atoms with van der Waals surface area (Å²) in [5, 5.41) is 0.838. The average molecular weight is 296 g/mol. The number of nitrogens with one attached hydrogen (secondary N) is 1. The van der Waals surface area contributed by atoms with Gasteiger partial charge in [0.25, 0.3) is 0 Å². The Kier molecular flexibility index (Phi) is 3.00. The van der Waals surface area contributed by atoms with Gasteiger partial charge < -0.3 is 10.7 Å². The fourth-order valence-electron chi connectivity index (χ4n) is 1.54. The molecule has 0 aliphatic heterocycles. The van der Waals surface area contributed by atoms with Gasteiger partial charge in [-0.25, -0.2) is 19.3 Å². The van der Waals surface area contributed by atoms with Crippen molar-refractivity contribution >= 4 is 40.3 Å². The van der Waals surface area contributed by atoms with Gasteiger partial charge in [0, 0.05) is 5.02 Å². The van der Waals surface area contributed by atoms with Crippen LogP contribution in [-0.4, -0.2) is 19.9 Å². The number of nitrogen functional groups attached to an aromatic ring is 1. The third-order valence-electron chi connectivity index (χ3n) is 2.40. The van der Waals surface area contributed by atoms with Crippen LogP contribution in [0.5, 0.6) is 0 Å². The van der Waals surface area contributed by atoms with E-state index >= 15 is 0 Å². The van der Waals surface area contributed by atoms with Gasteiger partial charge in [0.2, 0.25) is 0 Å². The second-order valence-electron chi connectivity index (χ2n) is 3.68. The first-order valence-electron chi connectivity index (χ1n) is 5.22. The predicted molar refractivity (Wildman–Crippen MR) is 71.6 cm³/mol. The summed E-state index contributed by atoms with van der Waals surface area (Å²) < 4.78 is 13.7. The maximum absolute atomic E-state index is 13.7. The second-order valence-corrected chi connectivity index (χ2v) is 5.14. The molecule has 0 saturated heterocycles. The lowest BCUT2D eigenvalue weighted by molar-refractivity contribution is 0.602. The van der Waals surface area contributed by atoms with Crippen LogP contribution in [0.4, 0.5) is 10.2 Å². The van der Waals surface area contributed by atoms with Gasteiger partial charge in [-0.15, -0.1) is 0 Å². The number of aromatic amines is 1. The summed E-state index contributed by atoms with van der Waals surface area (Å²) in [6, 6.07) is 4.45. The van der Waals surface area contributed by atoms with E-state index in [1.54, 1.807) is 12.1 Å². The van der Waals surface area contributed by atoms with Crippen molar-refractivity contribution in [1.29, 1.82) is 0 Å². The molecule has 2 heterocycles. The minimum absolute atomic E-state index is 0.306. The zero-order valence-electron chi connectivity index (χ0n) is 9.39. The van der Waals surface area contributed by atoms with Crippen molar-refractivity contribution in [2.24, 2.45) is 0 Å². The molecule has 0 aliphatic rings. The smallest absolute Gasteiger partial charge is 0.183 e. The van der Waals surface area contributed by atoms with E-state index in [1.807, 2.05) is 0 Å². The van der Waals surface area contributed by atoms with Gasteiger partial charge in [0.05, 0.1) is 4.90 Å². The van der Waals surface area contributed by atoms with Crippen LogP contribution >= 0.6 is 23.4 Å². The van der Waals surface area contributed by atoms with Crippen LogP contribution in [0.2, 0.25) is 5.02 Å². The minimum atomic E-state index is -0.406. The van der Waals surface area contributed by atoms with Crippen LogP contribution in [0.25, 0.3) is 11.2 Å². The van der Waals surface area contributed by atoms with Crippen molar-refractivity contribution in [3.63, 3.8) is 0 Å². The summed E-state index contributed by atoms with van der Waals surface area (Å²) in [6.07, 6.45) is 1.33. The lowest BCUT2D eigenvalue weighted by Crippen LogP contribution is -1.91. The Bertz CT molecular complexity index is 760. The molecule has 3 N–H and O–H groups in total. The molecule has 0 unspecified atom stereocenters. The zero-order chi connectivity index (χ0) is 13.4. The van der Waals surface area contributed by atoms with Gasteiger partial charge in [0.15, 0.2) is 16.6 Å². The highest BCUT2D eigenvalue weighted by molar-refractivity contribution is 7.99. The van der Waals surface area contributed by atoms with Crippen molar-refractivity contribution < 1.29 is 4.39 Å². The van der Waals surface area contributed by atoms with Crippen LogP contribution in [-0.2, 0) is 0 Å². The largest absolute Gasteiger partial charge is 0.382 e. The van der Waals surface area contributed by atoms with Gasteiger partial charge in [-0.05, 0) is 30.0 Å². The molecule has 0 spiro atoms. The number of H-pyrrole nitrogens is 1. The van der Waals surface area contributed by atoms with Crippen LogP contribution in [0.3, 0.4) is 0 Å². The Morgan fingerprint density at radius 1 is 1.32 bits per heavy atom. The maximum Gasteiger partial charge on any atom is 0.183 e. The highest BCUT2D eigenvalue weighted by Gasteiger charge is 2.11. The van der Waals surface area contributed by atoms with Gasteiger partial charge >= 0.3 is 0 Å². The third kappa shape index (κ3) is 2.34. The van der Waals surface area contributed by atoms with Gasteiger partial charge in [0.1, 0.15) is 17.7 Å². The number of imidazole rings is 1. The number of fused-ring (bicyclic) bond motifs is 1. The highest BCUT2D eigenvalue weighted by Crippen LogP contribution is 2.30. The number of halogens is 2. The van der Waals surface area contributed by atoms with Crippen molar-refractivity contribution in [2.45, 2.75) is 10.1 Å². The monoisotopic (exact) mass is 295 g/mol. The van der Waals surface area contributed by atoms with Crippen LogP contribution in [0.1, 0.15) is 0 Å². The standard InChI is InChI=1S/C11H7ClFN5S/c12-5-1-2-7(6(13)3-5)19-11-17-8-9(14)15-4-16-10(8)18-11/h1-4H,(H3,14,15,16,17,18). The molecule has 0 bridgehead atoms. The van der Waals surface area contributed by atoms with E-state index in [-0.39, 0.29) is 0 Å². The number of rotatable bonds is 2. The molecule has 0 atom stereocenters. The summed E-state index contributed by atoms with van der Waals surface area (Å²) in [7, 11) is 0. The van der Waals surface area contributed by atoms with E-state index < -0.39 is 5.82 Å². The SMILES string of the molecule is Nc1ncnc2nc(Sc3ccc(Cl)cc3F)[nH]c12. The topological polar surface area (TPSA) is 80.5 Å². The predicted octanol–water partition coefficient (Wildman–Crippen LogP) is 2.88. The second kappa shape index (κ2) is 4.67. The van der Waals surface area contributed by atoms with E-state index in [0.29, 0.717) is 32.1 Å². The number of anilines is 1. The molecule has 0 fully saturated rings. The van der Waals surface area contributed by atoms with Gasteiger partial charge in [-0.3, -0.25) is 0 Å². The van der Waals surface area contributed by atoms with E-state index in [0.717, 1.165) is 11.8 Å². The van der Waals surface area contributed by atoms with E-state index in [1.165, 1.54) is 12.4 Å². The summed E-state index contributed by atoms with van der Waals surface area (Å²) >= 11 is 6.83. The maximum atomic E-state index is 13.7. The average Bonchev–Trinajstić information content (AvgIpc) is 2.77. The number of benzene rings is 1. The van der Waals surface area contributed by atoms with Crippen LogP contribution < -0.4 is 5.73 Å². The minimum Gasteiger partial charge on any atom is -0.382 e. The lowest BCUT2D eigenvalue weighted by atomic mass is 10.3. The molecule has 0 aliphatic carbocycles. The Morgan fingerprint density at radius 3 is 2.89 bits per heavy atom. The molecule has 3 rings (SSSR count). The normalized spacial score (nSPS) is 11.1. The molecular formula is C11H7ClFN5S. The fourth-order valence-corrected chi connectivity index (χ4v) is 2.48. The van der Waals surface area contributed by atoms with E-state index in [9.17, 15) is 4.39 Å². The van der Waals surface area contributed by atoms with E-state index in [4.69, 9.17) is 17.3 Å². The first kappa shape index (κ1) is 12.2. The van der Waals surface area contributed by atoms with Crippen molar-refractivity contribution in [3.05, 3.63) is 35.4 Å². The molecule has 8 heteroatoms. The first-order valence-corrected chi connectivity index (χ1v) is 6.42. The number of nitrogens with two attached hydrogens (primary N) is 1. The molecule has 5 nitrogen and oxygen atoms in total. The van der Waals surface area contributed by atoms with E-state index in [2.05, 4.69) is 19.9 Å². The summed E-state index contributed by atoms with van der Waals surface area (Å²) in [6.45, 7) is 0. The number of nitrogens with zero attached hydrogens (tertiary/aromatic N) is 3. The molecule has 2 aromatic heterocycles. The number of aromatic nitrogens is 4. The Morgan fingerprint density at radius 2 is 2.16 bits per heavy atom. The quantitative estimate of drug-likeness (QED) is 0.760. The fraction of sp³-hybridized carbons (Fsp3) is 0. The van der Waals surface area contributed by atoms with Crippen molar-refractivity contribution in [1.82, 2.24) is 19.9 Å². The lowest BCUT2D eigenvalue weighted by Gasteiger charge is -2.00. The Balaban J connectivity index is 1.99. The Hall–Kier alpha value is -1.86. The molecule has 0 radical (unpaired) electrons. The molecule has 96 valence electrons. The molecule has 0 amide bonds. The molecule has 1 aromatic carbocycles. The molecule has 3 aromatic rings. The number of hydrogen-bond donors (Lipinski definition) is 2. The third-order valence-corrected chi connectivity index (χ3v) is 3.57. The molecule has 0 saturated carbocycles. The Labute approximate surface area is 116 Å². The number of hydrogen-bond acceptors (Lipinski definition) is 5. The van der Waals surface area contributed by atoms with Gasteiger partial charge in [-0.2, -0.15) is 0 Å². The molecule has 19 heavy (non-hydrogen) atoms. The van der Waals surface area contributed by atoms with Crippen LogP contribution in [0, 0.1) is 5.82 Å². The summed E-state index contributed by atoms with van der Waals surface area (Å²) in [4.78, 5) is 15.4.